The summed E-state index contributed by atoms with van der Waals surface area (Å²) in [6, 6.07) is 3.93. The van der Waals surface area contributed by atoms with Crippen molar-refractivity contribution in [3.8, 4) is 5.75 Å². The Morgan fingerprint density at radius 3 is 2.00 bits per heavy atom. The van der Waals surface area contributed by atoms with Crippen LogP contribution in [0.25, 0.3) is 0 Å². The SMILES string of the molecule is CC(C)(C)c1cc(N=C=S)c(O)c(C(C)(C)C)c1. The van der Waals surface area contributed by atoms with E-state index in [2.05, 4.69) is 70.0 Å². The summed E-state index contributed by atoms with van der Waals surface area (Å²) in [6.07, 6.45) is 0. The Kier molecular flexibility index (Phi) is 3.99. The Balaban J connectivity index is 3.62. The average Bonchev–Trinajstić information content (AvgIpc) is 2.17. The third kappa shape index (κ3) is 3.18. The van der Waals surface area contributed by atoms with E-state index < -0.39 is 0 Å². The van der Waals surface area contributed by atoms with Crippen molar-refractivity contribution in [2.24, 2.45) is 4.99 Å². The summed E-state index contributed by atoms with van der Waals surface area (Å²) in [7, 11) is 0. The summed E-state index contributed by atoms with van der Waals surface area (Å²) in [5, 5.41) is 12.6. The summed E-state index contributed by atoms with van der Waals surface area (Å²) in [5.41, 5.74) is 2.38. The topological polar surface area (TPSA) is 32.6 Å². The molecule has 0 saturated carbocycles. The van der Waals surface area contributed by atoms with Crippen LogP contribution in [0.5, 0.6) is 5.75 Å². The number of nitrogens with zero attached hydrogens (tertiary/aromatic N) is 1. The average molecular weight is 263 g/mol. The molecule has 1 rings (SSSR count). The Morgan fingerprint density at radius 2 is 1.61 bits per heavy atom. The molecular weight excluding hydrogens is 242 g/mol. The molecule has 0 aromatic heterocycles. The third-order valence-electron chi connectivity index (χ3n) is 2.93. The van der Waals surface area contributed by atoms with Crippen molar-refractivity contribution in [2.45, 2.75) is 52.4 Å². The molecule has 0 radical (unpaired) electrons. The van der Waals surface area contributed by atoms with Gasteiger partial charge in [0.25, 0.3) is 0 Å². The monoisotopic (exact) mass is 263 g/mol. The van der Waals surface area contributed by atoms with Crippen molar-refractivity contribution in [3.05, 3.63) is 23.3 Å². The lowest BCUT2D eigenvalue weighted by Gasteiger charge is -2.26. The van der Waals surface area contributed by atoms with Gasteiger partial charge in [0, 0.05) is 5.56 Å². The van der Waals surface area contributed by atoms with Crippen molar-refractivity contribution in [1.29, 1.82) is 0 Å². The summed E-state index contributed by atoms with van der Waals surface area (Å²) < 4.78 is 0. The molecular formula is C15H21NOS. The van der Waals surface area contributed by atoms with E-state index in [0.717, 1.165) is 11.1 Å². The highest BCUT2D eigenvalue weighted by Gasteiger charge is 2.24. The highest BCUT2D eigenvalue weighted by atomic mass is 32.1. The van der Waals surface area contributed by atoms with Crippen LogP contribution < -0.4 is 0 Å². The molecule has 1 aromatic rings. The Bertz CT molecular complexity index is 500. The van der Waals surface area contributed by atoms with Gasteiger partial charge in [0.1, 0.15) is 11.4 Å². The molecule has 0 fully saturated rings. The zero-order valence-electron chi connectivity index (χ0n) is 12.0. The summed E-state index contributed by atoms with van der Waals surface area (Å²) in [4.78, 5) is 3.97. The van der Waals surface area contributed by atoms with Gasteiger partial charge in [-0.05, 0) is 34.7 Å². The maximum Gasteiger partial charge on any atom is 0.145 e. The predicted octanol–water partition coefficient (Wildman–Crippen LogP) is 4.72. The fraction of sp³-hybridized carbons (Fsp3) is 0.533. The second-order valence-electron chi connectivity index (χ2n) is 6.59. The van der Waals surface area contributed by atoms with Crippen molar-refractivity contribution < 1.29 is 5.11 Å². The van der Waals surface area contributed by atoms with Crippen molar-refractivity contribution in [3.63, 3.8) is 0 Å². The zero-order valence-corrected chi connectivity index (χ0v) is 12.8. The molecule has 0 aliphatic carbocycles. The first kappa shape index (κ1) is 14.9. The molecule has 1 aromatic carbocycles. The maximum absolute atomic E-state index is 10.3. The zero-order chi connectivity index (χ0) is 14.1. The number of benzene rings is 1. The number of rotatable bonds is 1. The van der Waals surface area contributed by atoms with Crippen LogP contribution in [0.4, 0.5) is 5.69 Å². The van der Waals surface area contributed by atoms with Gasteiger partial charge in [-0.25, -0.2) is 0 Å². The number of thiocarbonyl (C=S) groups is 1. The van der Waals surface area contributed by atoms with Gasteiger partial charge in [-0.3, -0.25) is 0 Å². The number of isothiocyanates is 1. The molecule has 2 nitrogen and oxygen atoms in total. The molecule has 0 unspecified atom stereocenters. The molecule has 0 aliphatic heterocycles. The molecule has 0 spiro atoms. The van der Waals surface area contributed by atoms with Gasteiger partial charge >= 0.3 is 0 Å². The van der Waals surface area contributed by atoms with E-state index in [9.17, 15) is 5.11 Å². The lowest BCUT2D eigenvalue weighted by molar-refractivity contribution is 0.446. The summed E-state index contributed by atoms with van der Waals surface area (Å²) >= 11 is 4.64. The van der Waals surface area contributed by atoms with Crippen LogP contribution in [0.15, 0.2) is 17.1 Å². The minimum atomic E-state index is -0.142. The van der Waals surface area contributed by atoms with Crippen LogP contribution in [-0.4, -0.2) is 10.3 Å². The molecule has 0 atom stereocenters. The molecule has 0 heterocycles. The highest BCUT2D eigenvalue weighted by Crippen LogP contribution is 2.41. The molecule has 0 amide bonds. The van der Waals surface area contributed by atoms with Crippen LogP contribution in [0.3, 0.4) is 0 Å². The smallest absolute Gasteiger partial charge is 0.145 e. The fourth-order valence-electron chi connectivity index (χ4n) is 1.76. The Hall–Kier alpha value is -1.18. The standard InChI is InChI=1S/C15H21NOS/c1-14(2,3)10-7-11(15(4,5)6)13(17)12(8-10)16-9-18/h7-8,17H,1-6H3. The predicted molar refractivity (Wildman–Crippen MR) is 80.2 cm³/mol. The second kappa shape index (κ2) is 4.83. The summed E-state index contributed by atoms with van der Waals surface area (Å²) in [5.74, 6) is 0.202. The van der Waals surface area contributed by atoms with E-state index in [1.165, 1.54) is 0 Å². The van der Waals surface area contributed by atoms with E-state index in [-0.39, 0.29) is 16.6 Å². The molecule has 18 heavy (non-hydrogen) atoms. The number of hydrogen-bond acceptors (Lipinski definition) is 3. The number of hydrogen-bond donors (Lipinski definition) is 1. The Morgan fingerprint density at radius 1 is 1.06 bits per heavy atom. The largest absolute Gasteiger partial charge is 0.505 e. The Labute approximate surface area is 115 Å². The van der Waals surface area contributed by atoms with Gasteiger partial charge in [0.2, 0.25) is 0 Å². The lowest BCUT2D eigenvalue weighted by atomic mass is 9.80. The number of phenolic OH excluding ortho intramolecular Hbond substituents is 1. The number of aliphatic imine (C=N–C) groups is 1. The highest BCUT2D eigenvalue weighted by molar-refractivity contribution is 7.78. The van der Waals surface area contributed by atoms with Crippen LogP contribution in [0, 0.1) is 0 Å². The van der Waals surface area contributed by atoms with Gasteiger partial charge in [-0.2, -0.15) is 4.99 Å². The molecule has 1 N–H and O–H groups in total. The van der Waals surface area contributed by atoms with Gasteiger partial charge < -0.3 is 5.11 Å². The first-order valence-corrected chi connectivity index (χ1v) is 6.44. The molecule has 0 aliphatic rings. The first-order chi connectivity index (χ1) is 8.07. The lowest BCUT2D eigenvalue weighted by Crippen LogP contribution is -2.16. The van der Waals surface area contributed by atoms with E-state index >= 15 is 0 Å². The number of phenols is 1. The van der Waals surface area contributed by atoms with Crippen LogP contribution in [-0.2, 0) is 10.8 Å². The van der Waals surface area contributed by atoms with E-state index in [4.69, 9.17) is 0 Å². The van der Waals surface area contributed by atoms with Crippen LogP contribution >= 0.6 is 12.2 Å². The van der Waals surface area contributed by atoms with E-state index in [1.54, 1.807) is 0 Å². The second-order valence-corrected chi connectivity index (χ2v) is 6.78. The van der Waals surface area contributed by atoms with E-state index in [1.807, 2.05) is 6.07 Å². The molecule has 98 valence electrons. The van der Waals surface area contributed by atoms with Crippen molar-refractivity contribution in [2.75, 3.05) is 0 Å². The van der Waals surface area contributed by atoms with Crippen LogP contribution in [0.1, 0.15) is 52.7 Å². The fourth-order valence-corrected chi connectivity index (χ4v) is 1.86. The van der Waals surface area contributed by atoms with Gasteiger partial charge in [0.05, 0.1) is 5.16 Å². The van der Waals surface area contributed by atoms with Gasteiger partial charge in [0.15, 0.2) is 0 Å². The van der Waals surface area contributed by atoms with Crippen molar-refractivity contribution in [1.82, 2.24) is 0 Å². The minimum absolute atomic E-state index is 0.000570. The molecule has 3 heteroatoms. The molecule has 0 saturated heterocycles. The summed E-state index contributed by atoms with van der Waals surface area (Å²) in [6.45, 7) is 12.6. The van der Waals surface area contributed by atoms with Crippen LogP contribution in [0.2, 0.25) is 0 Å². The normalized spacial score (nSPS) is 12.1. The first-order valence-electron chi connectivity index (χ1n) is 6.03. The van der Waals surface area contributed by atoms with Gasteiger partial charge in [-0.15, -0.1) is 0 Å². The van der Waals surface area contributed by atoms with Crippen molar-refractivity contribution >= 4 is 23.1 Å². The quantitative estimate of drug-likeness (QED) is 0.587. The molecule has 0 bridgehead atoms. The van der Waals surface area contributed by atoms with Gasteiger partial charge in [-0.1, -0.05) is 47.6 Å². The maximum atomic E-state index is 10.3. The van der Waals surface area contributed by atoms with E-state index in [0.29, 0.717) is 5.69 Å². The number of aromatic hydroxyl groups is 1. The third-order valence-corrected chi connectivity index (χ3v) is 3.02. The minimum Gasteiger partial charge on any atom is -0.505 e.